The van der Waals surface area contributed by atoms with Gasteiger partial charge in [-0.25, -0.2) is 14.6 Å². The zero-order valence-electron chi connectivity index (χ0n) is 13.8. The third kappa shape index (κ3) is 2.42. The molecule has 1 aliphatic heterocycles. The maximum Gasteiger partial charge on any atom is 0.315 e. The van der Waals surface area contributed by atoms with Crippen molar-refractivity contribution in [1.82, 2.24) is 30.3 Å². The summed E-state index contributed by atoms with van der Waals surface area (Å²) in [5.41, 5.74) is 0.818. The van der Waals surface area contributed by atoms with Crippen molar-refractivity contribution < 1.29 is 13.6 Å². The zero-order valence-corrected chi connectivity index (χ0v) is 13.8. The molecule has 3 heterocycles. The van der Waals surface area contributed by atoms with Gasteiger partial charge in [-0.3, -0.25) is 4.79 Å². The molecular formula is C15H19F2N7O. The van der Waals surface area contributed by atoms with Crippen LogP contribution in [0.4, 0.5) is 14.6 Å². The molecule has 1 N–H and O–H groups in total. The fraction of sp³-hybridized carbons (Fsp3) is 0.667. The lowest BCUT2D eigenvalue weighted by Gasteiger charge is -2.40. The Labute approximate surface area is 142 Å². The third-order valence-electron chi connectivity index (χ3n) is 5.44. The number of rotatable bonds is 3. The van der Waals surface area contributed by atoms with Crippen LogP contribution < -0.4 is 10.2 Å². The van der Waals surface area contributed by atoms with Gasteiger partial charge in [0, 0.05) is 13.6 Å². The van der Waals surface area contributed by atoms with Gasteiger partial charge in [-0.2, -0.15) is 8.78 Å². The van der Waals surface area contributed by atoms with Crippen LogP contribution in [0.25, 0.3) is 11.2 Å². The van der Waals surface area contributed by atoms with Crippen LogP contribution in [-0.4, -0.2) is 55.4 Å². The number of hydrogen-bond acceptors (Lipinski definition) is 6. The molecular weight excluding hydrogens is 332 g/mol. The zero-order chi connectivity index (χ0) is 17.6. The van der Waals surface area contributed by atoms with E-state index in [1.54, 1.807) is 11.7 Å². The van der Waals surface area contributed by atoms with Crippen LogP contribution in [-0.2, 0) is 11.8 Å². The lowest BCUT2D eigenvalue weighted by molar-refractivity contribution is -0.132. The van der Waals surface area contributed by atoms with Crippen molar-refractivity contribution in [3.8, 4) is 0 Å². The number of alkyl halides is 2. The smallest absolute Gasteiger partial charge is 0.315 e. The quantitative estimate of drug-likeness (QED) is 0.889. The molecule has 0 radical (unpaired) electrons. The number of halogens is 2. The van der Waals surface area contributed by atoms with Crippen LogP contribution in [0.3, 0.4) is 0 Å². The van der Waals surface area contributed by atoms with E-state index in [-0.39, 0.29) is 6.04 Å². The standard InChI is InChI=1S/C15H19F2N7O/c1-23-12-10(21-22-23)13(19-8-18-12)24-7-4-9(20-14(25)11(16)17)15(24)5-2-3-6-15/h8-9,11H,2-7H2,1H3,(H,20,25). The Bertz CT molecular complexity index is 802. The molecule has 2 fully saturated rings. The van der Waals surface area contributed by atoms with Gasteiger partial charge in [0.15, 0.2) is 17.0 Å². The number of aromatic nitrogens is 5. The summed E-state index contributed by atoms with van der Waals surface area (Å²) in [5, 5.41) is 10.7. The topological polar surface area (TPSA) is 88.8 Å². The minimum absolute atomic E-state index is 0.321. The van der Waals surface area contributed by atoms with E-state index >= 15 is 0 Å². The highest BCUT2D eigenvalue weighted by atomic mass is 19.3. The first-order valence-corrected chi connectivity index (χ1v) is 8.39. The number of amides is 1. The number of nitrogens with zero attached hydrogens (tertiary/aromatic N) is 6. The number of nitrogens with one attached hydrogen (secondary N) is 1. The first kappa shape index (κ1) is 16.1. The molecule has 1 amide bonds. The van der Waals surface area contributed by atoms with Gasteiger partial charge >= 0.3 is 6.43 Å². The Morgan fingerprint density at radius 1 is 1.36 bits per heavy atom. The molecule has 25 heavy (non-hydrogen) atoms. The van der Waals surface area contributed by atoms with E-state index in [9.17, 15) is 13.6 Å². The number of aryl methyl sites for hydroxylation is 1. The first-order valence-electron chi connectivity index (χ1n) is 8.39. The Morgan fingerprint density at radius 2 is 2.12 bits per heavy atom. The summed E-state index contributed by atoms with van der Waals surface area (Å²) in [6.45, 7) is 0.622. The second-order valence-electron chi connectivity index (χ2n) is 6.70. The summed E-state index contributed by atoms with van der Waals surface area (Å²) in [5.74, 6) is -0.542. The van der Waals surface area contributed by atoms with Crippen LogP contribution in [0.1, 0.15) is 32.1 Å². The summed E-state index contributed by atoms with van der Waals surface area (Å²) < 4.78 is 27.0. The monoisotopic (exact) mass is 351 g/mol. The van der Waals surface area contributed by atoms with Gasteiger partial charge in [0.05, 0.1) is 11.6 Å². The van der Waals surface area contributed by atoms with Gasteiger partial charge in [-0.1, -0.05) is 18.1 Å². The average molecular weight is 351 g/mol. The molecule has 134 valence electrons. The Balaban J connectivity index is 1.73. The van der Waals surface area contributed by atoms with Crippen LogP contribution in [0.15, 0.2) is 6.33 Å². The van der Waals surface area contributed by atoms with Crippen molar-refractivity contribution in [3.63, 3.8) is 0 Å². The lowest BCUT2D eigenvalue weighted by Crippen LogP contribution is -2.56. The SMILES string of the molecule is Cn1nnc2c(N3CCC(NC(=O)C(F)F)C34CCCC4)ncnc21. The molecule has 1 saturated carbocycles. The molecule has 1 saturated heterocycles. The molecule has 2 aromatic heterocycles. The van der Waals surface area contributed by atoms with Crippen molar-refractivity contribution in [3.05, 3.63) is 6.33 Å². The van der Waals surface area contributed by atoms with Gasteiger partial charge < -0.3 is 10.2 Å². The highest BCUT2D eigenvalue weighted by molar-refractivity contribution is 5.84. The molecule has 0 aromatic carbocycles. The lowest BCUT2D eigenvalue weighted by atomic mass is 9.88. The maximum absolute atomic E-state index is 12.7. The van der Waals surface area contributed by atoms with Crippen LogP contribution in [0, 0.1) is 0 Å². The Kier molecular flexibility index (Phi) is 3.77. The molecule has 1 spiro atoms. The Hall–Kier alpha value is -2.39. The fourth-order valence-electron chi connectivity index (χ4n) is 4.34. The van der Waals surface area contributed by atoms with E-state index in [0.717, 1.165) is 25.7 Å². The second kappa shape index (κ2) is 5.85. The summed E-state index contributed by atoms with van der Waals surface area (Å²) in [6.07, 6.45) is 2.70. The van der Waals surface area contributed by atoms with Crippen molar-refractivity contribution in [2.24, 2.45) is 7.05 Å². The highest BCUT2D eigenvalue weighted by Gasteiger charge is 2.52. The Morgan fingerprint density at radius 3 is 2.84 bits per heavy atom. The third-order valence-corrected chi connectivity index (χ3v) is 5.44. The van der Waals surface area contributed by atoms with Gasteiger partial charge in [0.2, 0.25) is 0 Å². The minimum atomic E-state index is -3.00. The average Bonchev–Trinajstić information content (AvgIpc) is 3.30. The van der Waals surface area contributed by atoms with E-state index in [2.05, 4.69) is 30.5 Å². The number of carbonyl (C=O) groups is 1. The molecule has 4 rings (SSSR count). The van der Waals surface area contributed by atoms with E-state index < -0.39 is 17.9 Å². The van der Waals surface area contributed by atoms with E-state index in [0.29, 0.717) is 29.9 Å². The molecule has 10 heteroatoms. The van der Waals surface area contributed by atoms with E-state index in [1.807, 2.05) is 0 Å². The minimum Gasteiger partial charge on any atom is -0.347 e. The second-order valence-corrected chi connectivity index (χ2v) is 6.70. The number of fused-ring (bicyclic) bond motifs is 1. The summed E-state index contributed by atoms with van der Waals surface area (Å²) in [6, 6.07) is -0.321. The van der Waals surface area contributed by atoms with Crippen LogP contribution in [0.5, 0.6) is 0 Å². The van der Waals surface area contributed by atoms with Crippen molar-refractivity contribution in [2.75, 3.05) is 11.4 Å². The predicted octanol–water partition coefficient (Wildman–Crippen LogP) is 1.03. The largest absolute Gasteiger partial charge is 0.347 e. The summed E-state index contributed by atoms with van der Waals surface area (Å²) >= 11 is 0. The molecule has 8 nitrogen and oxygen atoms in total. The molecule has 2 aromatic rings. The number of anilines is 1. The molecule has 1 atom stereocenters. The maximum atomic E-state index is 12.7. The van der Waals surface area contributed by atoms with Crippen molar-refractivity contribution >= 4 is 22.9 Å². The number of carbonyl (C=O) groups excluding carboxylic acids is 1. The van der Waals surface area contributed by atoms with Gasteiger partial charge in [0.25, 0.3) is 5.91 Å². The van der Waals surface area contributed by atoms with Gasteiger partial charge in [-0.15, -0.1) is 5.10 Å². The molecule has 1 unspecified atom stereocenters. The predicted molar refractivity (Wildman–Crippen MR) is 85.2 cm³/mol. The fourth-order valence-corrected chi connectivity index (χ4v) is 4.34. The van der Waals surface area contributed by atoms with E-state index in [1.165, 1.54) is 6.33 Å². The van der Waals surface area contributed by atoms with Crippen molar-refractivity contribution in [2.45, 2.75) is 50.1 Å². The van der Waals surface area contributed by atoms with Crippen LogP contribution in [0.2, 0.25) is 0 Å². The summed E-state index contributed by atoms with van der Waals surface area (Å²) in [7, 11) is 1.76. The molecule has 0 bridgehead atoms. The highest BCUT2D eigenvalue weighted by Crippen LogP contribution is 2.46. The first-order chi connectivity index (χ1) is 12.0. The molecule has 1 aliphatic carbocycles. The number of hydrogen-bond donors (Lipinski definition) is 1. The summed E-state index contributed by atoms with van der Waals surface area (Å²) in [4.78, 5) is 22.3. The van der Waals surface area contributed by atoms with Gasteiger partial charge in [-0.05, 0) is 19.3 Å². The molecule has 2 aliphatic rings. The van der Waals surface area contributed by atoms with Crippen molar-refractivity contribution in [1.29, 1.82) is 0 Å². The van der Waals surface area contributed by atoms with Crippen LogP contribution >= 0.6 is 0 Å². The van der Waals surface area contributed by atoms with Gasteiger partial charge in [0.1, 0.15) is 6.33 Å². The normalized spacial score (nSPS) is 22.4. The van der Waals surface area contributed by atoms with E-state index in [4.69, 9.17) is 0 Å².